The molecule has 0 saturated heterocycles. The molecule has 4 heteroatoms. The van der Waals surface area contributed by atoms with Crippen LogP contribution in [0.4, 0.5) is 0 Å². The van der Waals surface area contributed by atoms with Crippen molar-refractivity contribution in [3.8, 4) is 67.3 Å². The van der Waals surface area contributed by atoms with Gasteiger partial charge in [0.15, 0.2) is 0 Å². The van der Waals surface area contributed by atoms with Gasteiger partial charge in [-0.2, -0.15) is 0 Å². The largest absolute Gasteiger partial charge is 0.456 e. The first-order chi connectivity index (χ1) is 38.2. The summed E-state index contributed by atoms with van der Waals surface area (Å²) in [5, 5.41) is 4.78. The number of nitrogens with zero attached hydrogens (tertiary/aromatic N) is 3. The van der Waals surface area contributed by atoms with E-state index in [1.807, 2.05) is 6.20 Å². The van der Waals surface area contributed by atoms with Gasteiger partial charge < -0.3 is 8.98 Å². The summed E-state index contributed by atoms with van der Waals surface area (Å²) in [6, 6.07) is 61.9. The number of hydrogen-bond donors (Lipinski definition) is 0. The monoisotopic (exact) mass is 995 g/mol. The molecule has 0 radical (unpaired) electrons. The minimum absolute atomic E-state index is 0.902. The Morgan fingerprint density at radius 3 is 1.43 bits per heavy atom. The standard InChI is InChI=1S/C73H61N3O/c1-2-17-46(18-3-1)73-74-37-38-75(73)72-64(70-56-25-8-4-19-50(56)40-51-20-5-9-26-57(51)70)43-54(44-65(72)71-58-27-10-6-21-52(58)41-53-22-7-11-28-59(53)71)48-24-16-23-47(39-48)49-33-35-68-62(42-49)63-45-55(34-36-69(63)77-68)76-66-31-14-12-29-60(66)61-30-13-15-32-67(61)76/h1-3,12-18,23-24,29-45H,4-11,19-22,25-28H2. The van der Waals surface area contributed by atoms with Crippen molar-refractivity contribution < 1.29 is 4.42 Å². The molecule has 0 unspecified atom stereocenters. The van der Waals surface area contributed by atoms with Crippen molar-refractivity contribution in [2.75, 3.05) is 0 Å². The van der Waals surface area contributed by atoms with Crippen molar-refractivity contribution in [1.82, 2.24) is 14.1 Å². The van der Waals surface area contributed by atoms with Crippen molar-refractivity contribution in [1.29, 1.82) is 0 Å². The molecule has 0 atom stereocenters. The van der Waals surface area contributed by atoms with E-state index < -0.39 is 0 Å². The van der Waals surface area contributed by atoms with Crippen LogP contribution in [0.3, 0.4) is 0 Å². The number of benzene rings is 9. The van der Waals surface area contributed by atoms with Crippen LogP contribution in [0.1, 0.15) is 95.9 Å². The fraction of sp³-hybridized carbons (Fsp3) is 0.219. The quantitative estimate of drug-likeness (QED) is 0.159. The number of para-hydroxylation sites is 2. The smallest absolute Gasteiger partial charge is 0.144 e. The third-order valence-corrected chi connectivity index (χ3v) is 18.3. The molecular weight excluding hydrogens is 935 g/mol. The summed E-state index contributed by atoms with van der Waals surface area (Å²) in [5.41, 5.74) is 31.2. The Labute approximate surface area is 450 Å². The van der Waals surface area contributed by atoms with Crippen LogP contribution in [0.25, 0.3) is 111 Å². The Kier molecular flexibility index (Phi) is 10.7. The maximum Gasteiger partial charge on any atom is 0.144 e. The average molecular weight is 996 g/mol. The third-order valence-electron chi connectivity index (χ3n) is 18.3. The first kappa shape index (κ1) is 45.0. The molecule has 4 aliphatic rings. The summed E-state index contributed by atoms with van der Waals surface area (Å²) in [5.74, 6) is 1.00. The maximum absolute atomic E-state index is 6.61. The van der Waals surface area contributed by atoms with E-state index in [0.717, 1.165) is 90.4 Å². The van der Waals surface area contributed by atoms with Crippen molar-refractivity contribution >= 4 is 43.7 Å². The molecule has 0 saturated carbocycles. The molecule has 77 heavy (non-hydrogen) atoms. The fourth-order valence-corrected chi connectivity index (χ4v) is 14.8. The van der Waals surface area contributed by atoms with E-state index >= 15 is 0 Å². The lowest BCUT2D eigenvalue weighted by Gasteiger charge is -2.32. The molecular formula is C73H61N3O. The highest BCUT2D eigenvalue weighted by atomic mass is 16.3. The predicted molar refractivity (Wildman–Crippen MR) is 319 cm³/mol. The van der Waals surface area contributed by atoms with Gasteiger partial charge in [0.1, 0.15) is 17.0 Å². The van der Waals surface area contributed by atoms with Gasteiger partial charge in [-0.15, -0.1) is 0 Å². The van der Waals surface area contributed by atoms with Crippen molar-refractivity contribution in [3.05, 3.63) is 221 Å². The van der Waals surface area contributed by atoms with Crippen LogP contribution >= 0.6 is 0 Å². The fourth-order valence-electron chi connectivity index (χ4n) is 14.8. The summed E-state index contributed by atoms with van der Waals surface area (Å²) in [7, 11) is 0. The maximum atomic E-state index is 6.61. The second kappa shape index (κ2) is 18.2. The molecule has 4 nitrogen and oxygen atoms in total. The van der Waals surface area contributed by atoms with Crippen LogP contribution in [-0.4, -0.2) is 14.1 Å². The minimum atomic E-state index is 0.902. The van der Waals surface area contributed by atoms with E-state index in [1.165, 1.54) is 123 Å². The van der Waals surface area contributed by atoms with E-state index in [1.54, 1.807) is 44.5 Å². The molecule has 12 aromatic rings. The van der Waals surface area contributed by atoms with E-state index in [2.05, 4.69) is 179 Å². The zero-order valence-corrected chi connectivity index (χ0v) is 43.8. The molecule has 0 spiro atoms. The Morgan fingerprint density at radius 1 is 0.364 bits per heavy atom. The normalized spacial score (nSPS) is 15.2. The van der Waals surface area contributed by atoms with Crippen LogP contribution in [-0.2, 0) is 51.4 Å². The number of furan rings is 1. The van der Waals surface area contributed by atoms with Gasteiger partial charge in [0.2, 0.25) is 0 Å². The molecule has 3 aromatic heterocycles. The molecule has 0 bridgehead atoms. The highest BCUT2D eigenvalue weighted by molar-refractivity contribution is 6.11. The lowest BCUT2D eigenvalue weighted by Crippen LogP contribution is -2.16. The van der Waals surface area contributed by atoms with Gasteiger partial charge in [0.05, 0.1) is 16.7 Å². The van der Waals surface area contributed by atoms with E-state index in [4.69, 9.17) is 9.40 Å². The van der Waals surface area contributed by atoms with Crippen LogP contribution < -0.4 is 0 Å². The first-order valence-electron chi connectivity index (χ1n) is 28.9. The van der Waals surface area contributed by atoms with Gasteiger partial charge in [-0.25, -0.2) is 4.98 Å². The summed E-state index contributed by atoms with van der Waals surface area (Å²) < 4.78 is 11.5. The Bertz CT molecular complexity index is 4130. The molecule has 9 aromatic carbocycles. The average Bonchev–Trinajstić information content (AvgIpc) is 4.29. The third kappa shape index (κ3) is 7.35. The molecule has 0 amide bonds. The van der Waals surface area contributed by atoms with Gasteiger partial charge in [-0.1, -0.05) is 103 Å². The van der Waals surface area contributed by atoms with Gasteiger partial charge in [-0.05, 0) is 241 Å². The van der Waals surface area contributed by atoms with Crippen LogP contribution in [0.15, 0.2) is 181 Å². The summed E-state index contributed by atoms with van der Waals surface area (Å²) >= 11 is 0. The molecule has 16 rings (SSSR count). The Hall–Kier alpha value is -8.21. The predicted octanol–water partition coefficient (Wildman–Crippen LogP) is 18.7. The first-order valence-corrected chi connectivity index (χ1v) is 28.9. The molecule has 0 N–H and O–H groups in total. The van der Waals surface area contributed by atoms with Crippen LogP contribution in [0, 0.1) is 0 Å². The zero-order chi connectivity index (χ0) is 50.6. The van der Waals surface area contributed by atoms with Gasteiger partial charge in [0, 0.05) is 56.3 Å². The summed E-state index contributed by atoms with van der Waals surface area (Å²) in [6.45, 7) is 0. The summed E-state index contributed by atoms with van der Waals surface area (Å²) in [4.78, 5) is 5.24. The lowest BCUT2D eigenvalue weighted by atomic mass is 9.74. The second-order valence-corrected chi connectivity index (χ2v) is 22.7. The van der Waals surface area contributed by atoms with E-state index in [-0.39, 0.29) is 0 Å². The lowest BCUT2D eigenvalue weighted by molar-refractivity contribution is 0.660. The number of rotatable bonds is 7. The topological polar surface area (TPSA) is 35.9 Å². The number of aromatic nitrogens is 3. The molecule has 374 valence electrons. The summed E-state index contributed by atoms with van der Waals surface area (Å²) in [6.07, 6.45) is 23.5. The van der Waals surface area contributed by atoms with E-state index in [9.17, 15) is 0 Å². The van der Waals surface area contributed by atoms with Crippen LogP contribution in [0.5, 0.6) is 0 Å². The van der Waals surface area contributed by atoms with Crippen molar-refractivity contribution in [2.45, 2.75) is 103 Å². The molecule has 0 fully saturated rings. The Morgan fingerprint density at radius 2 is 0.844 bits per heavy atom. The number of hydrogen-bond acceptors (Lipinski definition) is 2. The zero-order valence-electron chi connectivity index (χ0n) is 43.8. The van der Waals surface area contributed by atoms with Crippen molar-refractivity contribution in [2.24, 2.45) is 0 Å². The highest BCUT2D eigenvalue weighted by Gasteiger charge is 2.31. The molecule has 0 aliphatic heterocycles. The van der Waals surface area contributed by atoms with Crippen LogP contribution in [0.2, 0.25) is 0 Å². The number of fused-ring (bicyclic) bond motifs is 10. The number of aryl methyl sites for hydroxylation is 4. The SMILES string of the molecule is c1ccc(-c2nccn2-c2c(-c3c4c(cc5c3CCCC5)CCCC4)cc(-c3cccc(-c4ccc5oc6ccc(-n7c8ccccc8c8ccccc87)cc6c5c4)c3)cc2-c2c3c(cc4c2CCCC4)CCCC3)cc1. The molecule has 3 heterocycles. The Balaban J connectivity index is 0.937. The minimum Gasteiger partial charge on any atom is -0.456 e. The van der Waals surface area contributed by atoms with Gasteiger partial charge in [0.25, 0.3) is 0 Å². The highest BCUT2D eigenvalue weighted by Crippen LogP contribution is 2.51. The van der Waals surface area contributed by atoms with Gasteiger partial charge >= 0.3 is 0 Å². The van der Waals surface area contributed by atoms with E-state index in [0.29, 0.717) is 0 Å². The van der Waals surface area contributed by atoms with Gasteiger partial charge in [-0.3, -0.25) is 4.57 Å². The number of imidazole rings is 1. The van der Waals surface area contributed by atoms with Crippen molar-refractivity contribution in [3.63, 3.8) is 0 Å². The second-order valence-electron chi connectivity index (χ2n) is 22.7. The molecule has 4 aliphatic carbocycles.